The number of aromatic nitrogens is 1. The van der Waals surface area contributed by atoms with Gasteiger partial charge in [0.25, 0.3) is 0 Å². The van der Waals surface area contributed by atoms with Crippen LogP contribution in [0.15, 0.2) is 33.8 Å². The van der Waals surface area contributed by atoms with Crippen LogP contribution in [0.3, 0.4) is 0 Å². The van der Waals surface area contributed by atoms with Crippen LogP contribution in [0, 0.1) is 6.92 Å². The van der Waals surface area contributed by atoms with E-state index in [4.69, 9.17) is 18.9 Å². The number of oxazole rings is 1. The van der Waals surface area contributed by atoms with Gasteiger partial charge in [-0.3, -0.25) is 0 Å². The molecule has 176 valence electrons. The first-order valence-electron chi connectivity index (χ1n) is 11.5. The van der Waals surface area contributed by atoms with Gasteiger partial charge in [0.1, 0.15) is 18.1 Å². The Morgan fingerprint density at radius 2 is 1.97 bits per heavy atom. The molecule has 1 aliphatic rings. The van der Waals surface area contributed by atoms with Crippen LogP contribution in [-0.4, -0.2) is 44.4 Å². The number of hydrogen-bond donors (Lipinski definition) is 2. The van der Waals surface area contributed by atoms with Gasteiger partial charge in [-0.1, -0.05) is 38.5 Å². The maximum Gasteiger partial charge on any atom is 0.216 e. The van der Waals surface area contributed by atoms with Crippen molar-refractivity contribution in [2.45, 2.75) is 64.8 Å². The Morgan fingerprint density at radius 1 is 1.22 bits per heavy atom. The molecule has 2 aromatic rings. The van der Waals surface area contributed by atoms with Crippen LogP contribution in [0.2, 0.25) is 0 Å². The van der Waals surface area contributed by atoms with Gasteiger partial charge in [-0.05, 0) is 32.8 Å². The Bertz CT molecular complexity index is 908. The maximum absolute atomic E-state index is 5.90. The van der Waals surface area contributed by atoms with Crippen molar-refractivity contribution in [2.24, 2.45) is 4.99 Å². The molecule has 7 heteroatoms. The van der Waals surface area contributed by atoms with Gasteiger partial charge in [0, 0.05) is 42.7 Å². The molecule has 1 aliphatic heterocycles. The highest BCUT2D eigenvalue weighted by atomic mass is 16.5. The molecule has 1 saturated heterocycles. The normalized spacial score (nSPS) is 16.6. The summed E-state index contributed by atoms with van der Waals surface area (Å²) in [5.41, 5.74) is 2.30. The molecule has 0 radical (unpaired) electrons. The smallest absolute Gasteiger partial charge is 0.216 e. The number of rotatable bonds is 7. The van der Waals surface area contributed by atoms with Crippen LogP contribution in [-0.2, 0) is 22.1 Å². The van der Waals surface area contributed by atoms with Gasteiger partial charge in [0.05, 0.1) is 13.3 Å². The number of methoxy groups -OCH3 is 1. The maximum atomic E-state index is 5.90. The van der Waals surface area contributed by atoms with Crippen LogP contribution in [0.1, 0.15) is 63.3 Å². The lowest BCUT2D eigenvalue weighted by atomic mass is 9.73. The third kappa shape index (κ3) is 5.82. The van der Waals surface area contributed by atoms with Gasteiger partial charge in [-0.25, -0.2) is 9.98 Å². The summed E-state index contributed by atoms with van der Waals surface area (Å²) in [6.45, 7) is 13.9. The van der Waals surface area contributed by atoms with Gasteiger partial charge < -0.3 is 24.5 Å². The quantitative estimate of drug-likeness (QED) is 0.497. The molecule has 0 spiro atoms. The van der Waals surface area contributed by atoms with Gasteiger partial charge in [-0.15, -0.1) is 0 Å². The van der Waals surface area contributed by atoms with Crippen molar-refractivity contribution in [3.8, 4) is 5.75 Å². The molecule has 0 unspecified atom stereocenters. The average molecular weight is 443 g/mol. The first-order chi connectivity index (χ1) is 15.3. The fraction of sp³-hybridized carbons (Fsp3) is 0.600. The largest absolute Gasteiger partial charge is 0.496 e. The van der Waals surface area contributed by atoms with E-state index in [-0.39, 0.29) is 10.8 Å². The number of benzene rings is 1. The highest BCUT2D eigenvalue weighted by Gasteiger charge is 2.37. The highest BCUT2D eigenvalue weighted by molar-refractivity contribution is 5.79. The van der Waals surface area contributed by atoms with Crippen molar-refractivity contribution in [1.29, 1.82) is 0 Å². The molecule has 0 aliphatic carbocycles. The molecule has 0 atom stereocenters. The summed E-state index contributed by atoms with van der Waals surface area (Å²) in [5.74, 6) is 3.16. The summed E-state index contributed by atoms with van der Waals surface area (Å²) in [4.78, 5) is 9.12. The van der Waals surface area contributed by atoms with Crippen molar-refractivity contribution in [3.63, 3.8) is 0 Å². The molecule has 1 aromatic carbocycles. The van der Waals surface area contributed by atoms with Crippen molar-refractivity contribution in [3.05, 3.63) is 47.2 Å². The number of guanidine groups is 1. The summed E-state index contributed by atoms with van der Waals surface area (Å²) in [7, 11) is 1.74. The van der Waals surface area contributed by atoms with Crippen molar-refractivity contribution >= 4 is 5.96 Å². The topological polar surface area (TPSA) is 80.9 Å². The third-order valence-electron chi connectivity index (χ3n) is 5.98. The van der Waals surface area contributed by atoms with E-state index in [9.17, 15) is 0 Å². The van der Waals surface area contributed by atoms with Crippen molar-refractivity contribution < 1.29 is 13.9 Å². The van der Waals surface area contributed by atoms with Crippen LogP contribution in [0.4, 0.5) is 0 Å². The molecule has 32 heavy (non-hydrogen) atoms. The van der Waals surface area contributed by atoms with E-state index < -0.39 is 0 Å². The lowest BCUT2D eigenvalue weighted by molar-refractivity contribution is 0.0505. The monoisotopic (exact) mass is 442 g/mol. The predicted octanol–water partition coefficient (Wildman–Crippen LogP) is 4.09. The molecule has 2 N–H and O–H groups in total. The van der Waals surface area contributed by atoms with E-state index >= 15 is 0 Å². The summed E-state index contributed by atoms with van der Waals surface area (Å²) in [6.07, 6.45) is 3.65. The van der Waals surface area contributed by atoms with Crippen molar-refractivity contribution in [2.75, 3.05) is 33.4 Å². The second-order valence-electron chi connectivity index (χ2n) is 9.51. The number of hydrogen-bond acceptors (Lipinski definition) is 5. The number of aryl methyl sites for hydroxylation is 1. The van der Waals surface area contributed by atoms with Crippen LogP contribution < -0.4 is 15.4 Å². The SMILES string of the molecule is CCNC(=NCc1ncc(C(C)(C)C)o1)NCC1(c2cc(C)ccc2OC)CCOCC1. The second kappa shape index (κ2) is 10.4. The fourth-order valence-corrected chi connectivity index (χ4v) is 4.01. The minimum absolute atomic E-state index is 0.0694. The van der Waals surface area contributed by atoms with E-state index in [1.807, 2.05) is 0 Å². The van der Waals surface area contributed by atoms with E-state index in [1.165, 1.54) is 11.1 Å². The first-order valence-corrected chi connectivity index (χ1v) is 11.5. The molecular formula is C25H38N4O3. The zero-order chi connectivity index (χ0) is 23.2. The molecule has 3 rings (SSSR count). The van der Waals surface area contributed by atoms with E-state index in [0.717, 1.165) is 56.6 Å². The fourth-order valence-electron chi connectivity index (χ4n) is 4.01. The number of nitrogens with zero attached hydrogens (tertiary/aromatic N) is 2. The molecule has 0 saturated carbocycles. The van der Waals surface area contributed by atoms with E-state index in [0.29, 0.717) is 12.4 Å². The minimum Gasteiger partial charge on any atom is -0.496 e. The molecule has 1 fully saturated rings. The number of nitrogens with one attached hydrogen (secondary N) is 2. The summed E-state index contributed by atoms with van der Waals surface area (Å²) < 4.78 is 17.3. The molecule has 0 bridgehead atoms. The first kappa shape index (κ1) is 24.1. The molecule has 2 heterocycles. The molecular weight excluding hydrogens is 404 g/mol. The van der Waals surface area contributed by atoms with E-state index in [2.05, 4.69) is 68.4 Å². The summed E-state index contributed by atoms with van der Waals surface area (Å²) in [5, 5.41) is 6.91. The average Bonchev–Trinajstić information content (AvgIpc) is 3.26. The molecule has 0 amide bonds. The standard InChI is InChI=1S/C25H38N4O3/c1-7-26-23(28-16-22-27-15-21(32-22)24(3,4)5)29-17-25(10-12-31-13-11-25)19-14-18(2)8-9-20(19)30-6/h8-9,14-15H,7,10-13,16-17H2,1-6H3,(H2,26,28,29). The molecule has 7 nitrogen and oxygen atoms in total. The van der Waals surface area contributed by atoms with Crippen LogP contribution >= 0.6 is 0 Å². The Kier molecular flexibility index (Phi) is 7.82. The second-order valence-corrected chi connectivity index (χ2v) is 9.51. The zero-order valence-electron chi connectivity index (χ0n) is 20.4. The highest BCUT2D eigenvalue weighted by Crippen LogP contribution is 2.40. The predicted molar refractivity (Wildman–Crippen MR) is 127 cm³/mol. The van der Waals surface area contributed by atoms with E-state index in [1.54, 1.807) is 13.3 Å². The lowest BCUT2D eigenvalue weighted by Crippen LogP contribution is -2.48. The van der Waals surface area contributed by atoms with Crippen LogP contribution in [0.5, 0.6) is 5.75 Å². The third-order valence-corrected chi connectivity index (χ3v) is 5.98. The summed E-state index contributed by atoms with van der Waals surface area (Å²) >= 11 is 0. The number of ether oxygens (including phenoxy) is 2. The van der Waals surface area contributed by atoms with Gasteiger partial charge in [-0.2, -0.15) is 0 Å². The Hall–Kier alpha value is -2.54. The van der Waals surface area contributed by atoms with Gasteiger partial charge >= 0.3 is 0 Å². The van der Waals surface area contributed by atoms with Gasteiger partial charge in [0.15, 0.2) is 5.96 Å². The number of aliphatic imine (C=N–C) groups is 1. The van der Waals surface area contributed by atoms with Crippen molar-refractivity contribution in [1.82, 2.24) is 15.6 Å². The summed E-state index contributed by atoms with van der Waals surface area (Å²) in [6, 6.07) is 6.41. The Morgan fingerprint density at radius 3 is 2.59 bits per heavy atom. The van der Waals surface area contributed by atoms with Gasteiger partial charge in [0.2, 0.25) is 5.89 Å². The Labute approximate surface area is 192 Å². The molecule has 1 aromatic heterocycles. The zero-order valence-corrected chi connectivity index (χ0v) is 20.4. The Balaban J connectivity index is 1.79. The van der Waals surface area contributed by atoms with Crippen LogP contribution in [0.25, 0.3) is 0 Å². The minimum atomic E-state index is -0.0891. The lowest BCUT2D eigenvalue weighted by Gasteiger charge is -2.39.